The van der Waals surface area contributed by atoms with Crippen molar-refractivity contribution in [3.63, 3.8) is 0 Å². The number of anilines is 1. The summed E-state index contributed by atoms with van der Waals surface area (Å²) in [6.45, 7) is 1.85. The van der Waals surface area contributed by atoms with Gasteiger partial charge in [0.1, 0.15) is 0 Å². The Labute approximate surface area is 158 Å². The molecule has 2 aromatic carbocycles. The minimum atomic E-state index is -0.392. The third kappa shape index (κ3) is 4.64. The molecule has 0 aliphatic heterocycles. The molecule has 0 unspecified atom stereocenters. The summed E-state index contributed by atoms with van der Waals surface area (Å²) >= 11 is 0. The zero-order valence-corrected chi connectivity index (χ0v) is 15.4. The van der Waals surface area contributed by atoms with E-state index in [9.17, 15) is 9.59 Å². The molecular formula is C22H22N2O3. The molecule has 0 aliphatic carbocycles. The van der Waals surface area contributed by atoms with Crippen LogP contribution in [-0.2, 0) is 16.0 Å². The average molecular weight is 362 g/mol. The van der Waals surface area contributed by atoms with Crippen LogP contribution in [-0.4, -0.2) is 24.0 Å². The molecule has 2 N–H and O–H groups in total. The lowest BCUT2D eigenvalue weighted by molar-refractivity contribution is -0.116. The zero-order valence-electron chi connectivity index (χ0n) is 15.4. The number of hydrogen-bond donors (Lipinski definition) is 2. The highest BCUT2D eigenvalue weighted by molar-refractivity contribution is 5.94. The largest absolute Gasteiger partial charge is 0.465 e. The molecule has 0 bridgehead atoms. The maximum Gasteiger partial charge on any atom is 0.337 e. The van der Waals surface area contributed by atoms with Gasteiger partial charge in [0, 0.05) is 23.5 Å². The highest BCUT2D eigenvalue weighted by Gasteiger charge is 2.10. The lowest BCUT2D eigenvalue weighted by Gasteiger charge is -2.09. The van der Waals surface area contributed by atoms with Crippen molar-refractivity contribution in [2.75, 3.05) is 12.4 Å². The Hall–Kier alpha value is -3.34. The van der Waals surface area contributed by atoms with Crippen molar-refractivity contribution in [3.05, 3.63) is 77.5 Å². The third-order valence-corrected chi connectivity index (χ3v) is 4.37. The number of rotatable bonds is 6. The Morgan fingerprint density at radius 3 is 2.52 bits per heavy atom. The standard InChI is InChI=1S/C22H22N2O3/c1-15-14-17(22(26)27-2)8-11-19(15)24-21(25)13-10-18-9-12-20(23-18)16-6-4-3-5-7-16/h3-9,11-12,14,23H,10,13H2,1-2H3,(H,24,25). The van der Waals surface area contributed by atoms with Crippen molar-refractivity contribution in [1.29, 1.82) is 0 Å². The summed E-state index contributed by atoms with van der Waals surface area (Å²) in [6, 6.07) is 19.2. The van der Waals surface area contributed by atoms with Crippen LogP contribution < -0.4 is 5.32 Å². The number of aromatic amines is 1. The average Bonchev–Trinajstić information content (AvgIpc) is 3.17. The summed E-state index contributed by atoms with van der Waals surface area (Å²) in [5.41, 5.74) is 5.16. The van der Waals surface area contributed by atoms with Crippen molar-refractivity contribution >= 4 is 17.6 Å². The fourth-order valence-corrected chi connectivity index (χ4v) is 2.88. The molecule has 3 aromatic rings. The van der Waals surface area contributed by atoms with E-state index in [2.05, 4.69) is 10.3 Å². The number of nitrogens with one attached hydrogen (secondary N) is 2. The molecule has 0 saturated carbocycles. The summed E-state index contributed by atoms with van der Waals surface area (Å²) in [7, 11) is 1.34. The molecule has 0 atom stereocenters. The van der Waals surface area contributed by atoms with E-state index >= 15 is 0 Å². The summed E-state index contributed by atoms with van der Waals surface area (Å²) in [6.07, 6.45) is 0.991. The van der Waals surface area contributed by atoms with Crippen LogP contribution in [0.2, 0.25) is 0 Å². The number of carbonyl (C=O) groups is 2. The van der Waals surface area contributed by atoms with Crippen LogP contribution in [0.1, 0.15) is 28.0 Å². The predicted molar refractivity (Wildman–Crippen MR) is 106 cm³/mol. The highest BCUT2D eigenvalue weighted by atomic mass is 16.5. The summed E-state index contributed by atoms with van der Waals surface area (Å²) in [5, 5.41) is 2.90. The summed E-state index contributed by atoms with van der Waals surface area (Å²) in [5.74, 6) is -0.461. The van der Waals surface area contributed by atoms with Gasteiger partial charge in [0.25, 0.3) is 0 Å². The molecule has 3 rings (SSSR count). The second-order valence-electron chi connectivity index (χ2n) is 6.33. The number of carbonyl (C=O) groups excluding carboxylic acids is 2. The number of H-pyrrole nitrogens is 1. The van der Waals surface area contributed by atoms with Gasteiger partial charge < -0.3 is 15.0 Å². The van der Waals surface area contributed by atoms with Crippen LogP contribution in [0, 0.1) is 6.92 Å². The Morgan fingerprint density at radius 2 is 1.81 bits per heavy atom. The van der Waals surface area contributed by atoms with E-state index in [0.29, 0.717) is 24.1 Å². The molecule has 138 valence electrons. The van der Waals surface area contributed by atoms with Crippen molar-refractivity contribution in [2.45, 2.75) is 19.8 Å². The second-order valence-corrected chi connectivity index (χ2v) is 6.33. The van der Waals surface area contributed by atoms with E-state index in [4.69, 9.17) is 4.74 Å². The molecule has 0 fully saturated rings. The van der Waals surface area contributed by atoms with Crippen LogP contribution in [0.3, 0.4) is 0 Å². The number of esters is 1. The molecule has 1 heterocycles. The van der Waals surface area contributed by atoms with Crippen molar-refractivity contribution < 1.29 is 14.3 Å². The first-order valence-corrected chi connectivity index (χ1v) is 8.79. The van der Waals surface area contributed by atoms with Gasteiger partial charge in [0.05, 0.1) is 12.7 Å². The maximum absolute atomic E-state index is 12.3. The van der Waals surface area contributed by atoms with Crippen LogP contribution in [0.5, 0.6) is 0 Å². The first-order chi connectivity index (χ1) is 13.1. The molecule has 1 amide bonds. The van der Waals surface area contributed by atoms with Crippen molar-refractivity contribution in [2.24, 2.45) is 0 Å². The van der Waals surface area contributed by atoms with Crippen LogP contribution >= 0.6 is 0 Å². The topological polar surface area (TPSA) is 71.2 Å². The lowest BCUT2D eigenvalue weighted by atomic mass is 10.1. The van der Waals surface area contributed by atoms with Crippen LogP contribution in [0.4, 0.5) is 5.69 Å². The van der Waals surface area contributed by atoms with Gasteiger partial charge in [-0.15, -0.1) is 0 Å². The first-order valence-electron chi connectivity index (χ1n) is 8.79. The summed E-state index contributed by atoms with van der Waals surface area (Å²) in [4.78, 5) is 27.2. The number of aryl methyl sites for hydroxylation is 2. The number of amides is 1. The lowest BCUT2D eigenvalue weighted by Crippen LogP contribution is -2.13. The fraction of sp³-hybridized carbons (Fsp3) is 0.182. The molecule has 0 radical (unpaired) electrons. The minimum Gasteiger partial charge on any atom is -0.465 e. The molecule has 5 heteroatoms. The number of ether oxygens (including phenoxy) is 1. The van der Waals surface area contributed by atoms with Gasteiger partial charge in [-0.3, -0.25) is 4.79 Å². The number of methoxy groups -OCH3 is 1. The van der Waals surface area contributed by atoms with Gasteiger partial charge in [-0.2, -0.15) is 0 Å². The fourth-order valence-electron chi connectivity index (χ4n) is 2.88. The Bertz CT molecular complexity index is 945. The summed E-state index contributed by atoms with van der Waals surface area (Å²) < 4.78 is 4.70. The molecule has 0 aliphatic rings. The van der Waals surface area contributed by atoms with Gasteiger partial charge in [0.15, 0.2) is 0 Å². The quantitative estimate of drug-likeness (QED) is 0.641. The number of hydrogen-bond acceptors (Lipinski definition) is 3. The maximum atomic E-state index is 12.3. The molecular weight excluding hydrogens is 340 g/mol. The Balaban J connectivity index is 1.57. The van der Waals surface area contributed by atoms with E-state index in [0.717, 1.165) is 22.5 Å². The molecule has 0 saturated heterocycles. The van der Waals surface area contributed by atoms with E-state index in [-0.39, 0.29) is 5.91 Å². The van der Waals surface area contributed by atoms with Gasteiger partial charge in [-0.05, 0) is 54.8 Å². The van der Waals surface area contributed by atoms with Crippen molar-refractivity contribution in [3.8, 4) is 11.3 Å². The van der Waals surface area contributed by atoms with E-state index in [1.54, 1.807) is 18.2 Å². The van der Waals surface area contributed by atoms with Crippen LogP contribution in [0.25, 0.3) is 11.3 Å². The highest BCUT2D eigenvalue weighted by Crippen LogP contribution is 2.20. The Kier molecular flexibility index (Phi) is 5.71. The second kappa shape index (κ2) is 8.36. The zero-order chi connectivity index (χ0) is 19.2. The Morgan fingerprint density at radius 1 is 1.04 bits per heavy atom. The third-order valence-electron chi connectivity index (χ3n) is 4.37. The molecule has 1 aromatic heterocycles. The van der Waals surface area contributed by atoms with Crippen molar-refractivity contribution in [1.82, 2.24) is 4.98 Å². The van der Waals surface area contributed by atoms with Gasteiger partial charge >= 0.3 is 5.97 Å². The minimum absolute atomic E-state index is 0.0696. The predicted octanol–water partition coefficient (Wildman–Crippen LogP) is 4.35. The normalized spacial score (nSPS) is 10.4. The molecule has 27 heavy (non-hydrogen) atoms. The van der Waals surface area contributed by atoms with E-state index in [1.807, 2.05) is 49.4 Å². The van der Waals surface area contributed by atoms with Gasteiger partial charge in [0.2, 0.25) is 5.91 Å². The smallest absolute Gasteiger partial charge is 0.337 e. The monoisotopic (exact) mass is 362 g/mol. The molecule has 5 nitrogen and oxygen atoms in total. The van der Waals surface area contributed by atoms with Crippen LogP contribution in [0.15, 0.2) is 60.7 Å². The molecule has 0 spiro atoms. The van der Waals surface area contributed by atoms with Gasteiger partial charge in [-0.1, -0.05) is 30.3 Å². The first kappa shape index (κ1) is 18.5. The van der Waals surface area contributed by atoms with E-state index in [1.165, 1.54) is 7.11 Å². The number of aromatic nitrogens is 1. The number of benzene rings is 2. The SMILES string of the molecule is COC(=O)c1ccc(NC(=O)CCc2ccc(-c3ccccc3)[nH]2)c(C)c1. The van der Waals surface area contributed by atoms with Gasteiger partial charge in [-0.25, -0.2) is 4.79 Å². The van der Waals surface area contributed by atoms with E-state index < -0.39 is 5.97 Å².